The molecule has 5 heteroatoms. The van der Waals surface area contributed by atoms with Gasteiger partial charge in [0.2, 0.25) is 11.8 Å². The van der Waals surface area contributed by atoms with Crippen molar-refractivity contribution in [1.29, 1.82) is 0 Å². The van der Waals surface area contributed by atoms with E-state index in [1.165, 1.54) is 10.4 Å². The lowest BCUT2D eigenvalue weighted by molar-refractivity contribution is -0.130. The molecule has 1 aromatic heterocycles. The van der Waals surface area contributed by atoms with E-state index in [-0.39, 0.29) is 17.7 Å². The summed E-state index contributed by atoms with van der Waals surface area (Å²) >= 11 is 1.66. The second-order valence-electron chi connectivity index (χ2n) is 5.90. The number of likely N-dealkylation sites (tertiary alicyclic amines) is 1. The molecule has 1 fully saturated rings. The fraction of sp³-hybridized carbons (Fsp3) is 0.263. The fourth-order valence-electron chi connectivity index (χ4n) is 2.84. The first-order chi connectivity index (χ1) is 11.6. The van der Waals surface area contributed by atoms with Crippen LogP contribution in [0.2, 0.25) is 0 Å². The summed E-state index contributed by atoms with van der Waals surface area (Å²) in [6, 6.07) is 14.3. The summed E-state index contributed by atoms with van der Waals surface area (Å²) in [6.45, 7) is 1.19. The van der Waals surface area contributed by atoms with Crippen LogP contribution in [0.3, 0.4) is 0 Å². The van der Waals surface area contributed by atoms with Gasteiger partial charge in [-0.1, -0.05) is 30.3 Å². The van der Waals surface area contributed by atoms with Crippen molar-refractivity contribution in [3.05, 3.63) is 53.4 Å². The van der Waals surface area contributed by atoms with Gasteiger partial charge in [0.05, 0.1) is 0 Å². The van der Waals surface area contributed by atoms with Crippen molar-refractivity contribution < 1.29 is 9.59 Å². The Morgan fingerprint density at radius 3 is 2.46 bits per heavy atom. The van der Waals surface area contributed by atoms with Crippen LogP contribution in [0, 0.1) is 5.92 Å². The van der Waals surface area contributed by atoms with E-state index in [4.69, 9.17) is 5.73 Å². The van der Waals surface area contributed by atoms with Gasteiger partial charge in [0.25, 0.3) is 0 Å². The van der Waals surface area contributed by atoms with Crippen LogP contribution in [0.15, 0.2) is 48.5 Å². The zero-order chi connectivity index (χ0) is 16.9. The molecule has 2 aromatic rings. The molecule has 4 nitrogen and oxygen atoms in total. The first kappa shape index (κ1) is 16.5. The van der Waals surface area contributed by atoms with Gasteiger partial charge in [-0.15, -0.1) is 11.3 Å². The summed E-state index contributed by atoms with van der Waals surface area (Å²) in [5, 5.41) is 0. The van der Waals surface area contributed by atoms with E-state index in [0.29, 0.717) is 25.9 Å². The predicted octanol–water partition coefficient (Wildman–Crippen LogP) is 3.15. The average molecular weight is 340 g/mol. The Labute approximate surface area is 145 Å². The van der Waals surface area contributed by atoms with Gasteiger partial charge in [0.15, 0.2) is 0 Å². The maximum Gasteiger partial charge on any atom is 0.246 e. The lowest BCUT2D eigenvalue weighted by atomic mass is 9.96. The molecule has 2 amide bonds. The van der Waals surface area contributed by atoms with Gasteiger partial charge >= 0.3 is 0 Å². The maximum absolute atomic E-state index is 12.3. The lowest BCUT2D eigenvalue weighted by Gasteiger charge is -2.29. The molecule has 3 rings (SSSR count). The zero-order valence-corrected chi connectivity index (χ0v) is 14.2. The normalized spacial score (nSPS) is 15.8. The van der Waals surface area contributed by atoms with Crippen LogP contribution < -0.4 is 5.73 Å². The number of primary amides is 1. The Balaban J connectivity index is 1.59. The van der Waals surface area contributed by atoms with E-state index < -0.39 is 0 Å². The molecule has 124 valence electrons. The number of amides is 2. The fourth-order valence-corrected chi connectivity index (χ4v) is 3.76. The number of piperidine rings is 1. The second-order valence-corrected chi connectivity index (χ2v) is 7.02. The van der Waals surface area contributed by atoms with Gasteiger partial charge in [-0.2, -0.15) is 0 Å². The molecular weight excluding hydrogens is 320 g/mol. The summed E-state index contributed by atoms with van der Waals surface area (Å²) in [6.07, 6.45) is 4.79. The van der Waals surface area contributed by atoms with Crippen LogP contribution in [0.5, 0.6) is 0 Å². The van der Waals surface area contributed by atoms with Crippen LogP contribution in [-0.4, -0.2) is 29.8 Å². The molecule has 0 unspecified atom stereocenters. The third-order valence-electron chi connectivity index (χ3n) is 4.28. The molecule has 0 radical (unpaired) electrons. The summed E-state index contributed by atoms with van der Waals surface area (Å²) in [5.74, 6) is -0.360. The van der Waals surface area contributed by atoms with Crippen LogP contribution in [-0.2, 0) is 9.59 Å². The highest BCUT2D eigenvalue weighted by Gasteiger charge is 2.24. The molecule has 0 atom stereocenters. The quantitative estimate of drug-likeness (QED) is 0.869. The molecule has 1 saturated heterocycles. The Bertz CT molecular complexity index is 744. The van der Waals surface area contributed by atoms with Crippen molar-refractivity contribution in [3.8, 4) is 10.4 Å². The first-order valence-electron chi connectivity index (χ1n) is 8.05. The predicted molar refractivity (Wildman–Crippen MR) is 97.3 cm³/mol. The molecule has 1 aliphatic heterocycles. The summed E-state index contributed by atoms with van der Waals surface area (Å²) in [4.78, 5) is 27.4. The summed E-state index contributed by atoms with van der Waals surface area (Å²) < 4.78 is 0. The van der Waals surface area contributed by atoms with Gasteiger partial charge in [0, 0.05) is 34.8 Å². The first-order valence-corrected chi connectivity index (χ1v) is 8.86. The molecule has 0 bridgehead atoms. The monoisotopic (exact) mass is 340 g/mol. The van der Waals surface area contributed by atoms with Crippen molar-refractivity contribution in [3.63, 3.8) is 0 Å². The van der Waals surface area contributed by atoms with E-state index >= 15 is 0 Å². The smallest absolute Gasteiger partial charge is 0.246 e. The number of nitrogens with zero attached hydrogens (tertiary/aromatic N) is 1. The number of hydrogen-bond donors (Lipinski definition) is 1. The molecule has 2 heterocycles. The molecule has 1 aliphatic rings. The third-order valence-corrected chi connectivity index (χ3v) is 5.38. The van der Waals surface area contributed by atoms with Crippen molar-refractivity contribution in [2.45, 2.75) is 12.8 Å². The number of carbonyl (C=O) groups excluding carboxylic acids is 2. The second kappa shape index (κ2) is 7.45. The topological polar surface area (TPSA) is 63.4 Å². The Morgan fingerprint density at radius 2 is 1.79 bits per heavy atom. The molecule has 24 heavy (non-hydrogen) atoms. The summed E-state index contributed by atoms with van der Waals surface area (Å²) in [5.41, 5.74) is 6.50. The van der Waals surface area contributed by atoms with Gasteiger partial charge in [-0.25, -0.2) is 0 Å². The van der Waals surface area contributed by atoms with Crippen molar-refractivity contribution in [2.75, 3.05) is 13.1 Å². The highest BCUT2D eigenvalue weighted by Crippen LogP contribution is 2.28. The number of hydrogen-bond acceptors (Lipinski definition) is 3. The van der Waals surface area contributed by atoms with Crippen LogP contribution >= 0.6 is 11.3 Å². The van der Waals surface area contributed by atoms with Gasteiger partial charge in [-0.3, -0.25) is 9.59 Å². The van der Waals surface area contributed by atoms with E-state index in [1.54, 1.807) is 22.3 Å². The van der Waals surface area contributed by atoms with Crippen LogP contribution in [0.25, 0.3) is 16.5 Å². The lowest BCUT2D eigenvalue weighted by Crippen LogP contribution is -2.41. The number of carbonyl (C=O) groups is 2. The van der Waals surface area contributed by atoms with E-state index in [0.717, 1.165) is 4.88 Å². The molecule has 0 aliphatic carbocycles. The maximum atomic E-state index is 12.3. The molecule has 0 spiro atoms. The van der Waals surface area contributed by atoms with E-state index in [1.807, 2.05) is 30.3 Å². The molecule has 2 N–H and O–H groups in total. The number of nitrogens with two attached hydrogens (primary N) is 1. The Morgan fingerprint density at radius 1 is 1.08 bits per heavy atom. The standard InChI is InChI=1S/C19H20N2O2S/c20-19(23)15-10-12-21(13-11-15)18(22)9-7-16-6-8-17(24-16)14-4-2-1-3-5-14/h1-9,15H,10-13H2,(H2,20,23)/b9-7+. The average Bonchev–Trinajstić information content (AvgIpc) is 3.09. The highest BCUT2D eigenvalue weighted by atomic mass is 32.1. The zero-order valence-electron chi connectivity index (χ0n) is 13.4. The van der Waals surface area contributed by atoms with Crippen LogP contribution in [0.4, 0.5) is 0 Å². The molecule has 1 aromatic carbocycles. The van der Waals surface area contributed by atoms with E-state index in [9.17, 15) is 9.59 Å². The third kappa shape index (κ3) is 3.92. The number of thiophene rings is 1. The summed E-state index contributed by atoms with van der Waals surface area (Å²) in [7, 11) is 0. The van der Waals surface area contributed by atoms with Gasteiger partial charge in [0.1, 0.15) is 0 Å². The largest absolute Gasteiger partial charge is 0.369 e. The minimum absolute atomic E-state index is 0.00687. The van der Waals surface area contributed by atoms with Crippen molar-refractivity contribution in [1.82, 2.24) is 4.90 Å². The molecular formula is C19H20N2O2S. The Hall–Kier alpha value is -2.40. The minimum atomic E-state index is -0.260. The SMILES string of the molecule is NC(=O)C1CCN(C(=O)/C=C/c2ccc(-c3ccccc3)s2)CC1. The van der Waals surface area contributed by atoms with Crippen LogP contribution in [0.1, 0.15) is 17.7 Å². The highest BCUT2D eigenvalue weighted by molar-refractivity contribution is 7.16. The number of benzene rings is 1. The minimum Gasteiger partial charge on any atom is -0.369 e. The van der Waals surface area contributed by atoms with Gasteiger partial charge in [-0.05, 0) is 36.6 Å². The van der Waals surface area contributed by atoms with Crippen molar-refractivity contribution in [2.24, 2.45) is 11.7 Å². The Kier molecular flexibility index (Phi) is 5.11. The van der Waals surface area contributed by atoms with Gasteiger partial charge < -0.3 is 10.6 Å². The van der Waals surface area contributed by atoms with E-state index in [2.05, 4.69) is 18.2 Å². The number of rotatable bonds is 4. The van der Waals surface area contributed by atoms with Crippen molar-refractivity contribution >= 4 is 29.2 Å². The molecule has 0 saturated carbocycles.